The second-order valence-corrected chi connectivity index (χ2v) is 11.5. The third-order valence-corrected chi connectivity index (χ3v) is 8.07. The molecule has 1 amide bonds. The maximum atomic E-state index is 14.0. The fourth-order valence-electron chi connectivity index (χ4n) is 6.31. The topological polar surface area (TPSA) is 42.0 Å². The summed E-state index contributed by atoms with van der Waals surface area (Å²) in [5, 5.41) is 4.11. The number of nitrogens with one attached hydrogen (secondary N) is 1. The normalized spacial score (nSPS) is 32.2. The van der Waals surface area contributed by atoms with Crippen LogP contribution in [0.2, 0.25) is 0 Å². The molecular weight excluding hydrogens is 375 g/mol. The molecular formula is C26H35FN2O. The van der Waals surface area contributed by atoms with Crippen molar-refractivity contribution in [2.45, 2.75) is 78.7 Å². The molecule has 2 aromatic rings. The number of pyridine rings is 1. The van der Waals surface area contributed by atoms with Gasteiger partial charge in [0.1, 0.15) is 5.82 Å². The van der Waals surface area contributed by atoms with Gasteiger partial charge in [-0.3, -0.25) is 9.78 Å². The van der Waals surface area contributed by atoms with Gasteiger partial charge < -0.3 is 5.32 Å². The largest absolute Gasteiger partial charge is 0.351 e. The average molecular weight is 411 g/mol. The maximum absolute atomic E-state index is 14.0. The van der Waals surface area contributed by atoms with Gasteiger partial charge in [0.2, 0.25) is 5.91 Å². The first kappa shape index (κ1) is 21.3. The van der Waals surface area contributed by atoms with Gasteiger partial charge in [-0.15, -0.1) is 0 Å². The summed E-state index contributed by atoms with van der Waals surface area (Å²) in [6.45, 7) is 13.0. The van der Waals surface area contributed by atoms with Gasteiger partial charge >= 0.3 is 0 Å². The van der Waals surface area contributed by atoms with E-state index >= 15 is 0 Å². The maximum Gasteiger partial charge on any atom is 0.223 e. The second kappa shape index (κ2) is 7.03. The van der Waals surface area contributed by atoms with E-state index in [1.54, 1.807) is 12.1 Å². The first-order valence-electron chi connectivity index (χ1n) is 11.3. The number of hydrogen-bond acceptors (Lipinski definition) is 2. The van der Waals surface area contributed by atoms with E-state index in [0.29, 0.717) is 11.8 Å². The molecule has 0 radical (unpaired) electrons. The van der Waals surface area contributed by atoms with Crippen molar-refractivity contribution >= 4 is 16.8 Å². The fourth-order valence-corrected chi connectivity index (χ4v) is 6.31. The van der Waals surface area contributed by atoms with Crippen LogP contribution in [0.5, 0.6) is 0 Å². The Kier molecular flexibility index (Phi) is 4.99. The number of fused-ring (bicyclic) bond motifs is 2. The van der Waals surface area contributed by atoms with Crippen molar-refractivity contribution in [1.82, 2.24) is 10.3 Å². The molecule has 1 aromatic heterocycles. The standard InChI is InChI=1S/C26H35FN2O/c1-16(23(30)29-24(2,3)4)17-12-25(5)14-18(15-26(25,6)13-17)20-9-10-28-22-8-7-19(27)11-21(20)22/h7-11,16-18H,12-15H2,1-6H3,(H,29,30)/t16?,17-,18-,25+,26-. The van der Waals surface area contributed by atoms with Gasteiger partial charge in [0.25, 0.3) is 0 Å². The Balaban J connectivity index is 1.56. The number of carbonyl (C=O) groups is 1. The third kappa shape index (κ3) is 3.63. The quantitative estimate of drug-likeness (QED) is 0.652. The van der Waals surface area contributed by atoms with E-state index in [2.05, 4.69) is 37.1 Å². The number of nitrogens with zero attached hydrogens (tertiary/aromatic N) is 1. The van der Waals surface area contributed by atoms with E-state index in [1.165, 1.54) is 11.6 Å². The minimum absolute atomic E-state index is 0.0257. The van der Waals surface area contributed by atoms with E-state index in [0.717, 1.165) is 36.6 Å². The molecule has 4 rings (SSSR count). The van der Waals surface area contributed by atoms with E-state index < -0.39 is 0 Å². The first-order chi connectivity index (χ1) is 13.9. The van der Waals surface area contributed by atoms with Crippen molar-refractivity contribution < 1.29 is 9.18 Å². The minimum Gasteiger partial charge on any atom is -0.351 e. The molecule has 2 saturated carbocycles. The smallest absolute Gasteiger partial charge is 0.223 e. The van der Waals surface area contributed by atoms with E-state index in [-0.39, 0.29) is 34.0 Å². The summed E-state index contributed by atoms with van der Waals surface area (Å²) in [5.74, 6) is 0.817. The van der Waals surface area contributed by atoms with Crippen LogP contribution in [-0.2, 0) is 4.79 Å². The van der Waals surface area contributed by atoms with Crippen LogP contribution in [0.25, 0.3) is 10.9 Å². The van der Waals surface area contributed by atoms with Crippen LogP contribution in [-0.4, -0.2) is 16.4 Å². The van der Waals surface area contributed by atoms with Crippen LogP contribution < -0.4 is 5.32 Å². The number of rotatable bonds is 3. The number of benzene rings is 1. The van der Waals surface area contributed by atoms with Gasteiger partial charge in [-0.2, -0.15) is 0 Å². The molecule has 2 aliphatic rings. The lowest BCUT2D eigenvalue weighted by molar-refractivity contribution is -0.127. The van der Waals surface area contributed by atoms with Gasteiger partial charge in [-0.25, -0.2) is 4.39 Å². The molecule has 2 fully saturated rings. The molecule has 30 heavy (non-hydrogen) atoms. The van der Waals surface area contributed by atoms with Gasteiger partial charge in [0.05, 0.1) is 5.52 Å². The number of hydrogen-bond donors (Lipinski definition) is 1. The van der Waals surface area contributed by atoms with Gasteiger partial charge in [0.15, 0.2) is 0 Å². The Morgan fingerprint density at radius 3 is 2.37 bits per heavy atom. The molecule has 1 aromatic carbocycles. The molecule has 3 nitrogen and oxygen atoms in total. The average Bonchev–Trinajstić information content (AvgIpc) is 3.03. The SMILES string of the molecule is CC(C(=O)NC(C)(C)C)[C@H]1C[C@]2(C)C[C@H](c3ccnc4ccc(F)cc34)C[C@]2(C)C1. The van der Waals surface area contributed by atoms with Crippen LogP contribution in [0.15, 0.2) is 30.5 Å². The predicted octanol–water partition coefficient (Wildman–Crippen LogP) is 6.22. The molecule has 0 bridgehead atoms. The summed E-state index contributed by atoms with van der Waals surface area (Å²) in [7, 11) is 0. The lowest BCUT2D eigenvalue weighted by Crippen LogP contribution is -2.44. The predicted molar refractivity (Wildman–Crippen MR) is 120 cm³/mol. The number of halogens is 1. The molecule has 162 valence electrons. The highest BCUT2D eigenvalue weighted by atomic mass is 19.1. The summed E-state index contributed by atoms with van der Waals surface area (Å²) in [5.41, 5.74) is 2.29. The molecule has 2 aliphatic carbocycles. The molecule has 1 heterocycles. The molecule has 0 saturated heterocycles. The Bertz CT molecular complexity index is 961. The summed E-state index contributed by atoms with van der Waals surface area (Å²) in [6.07, 6.45) is 6.19. The molecule has 1 N–H and O–H groups in total. The Hall–Kier alpha value is -1.97. The van der Waals surface area contributed by atoms with Crippen LogP contribution in [0.4, 0.5) is 4.39 Å². The van der Waals surface area contributed by atoms with E-state index in [9.17, 15) is 9.18 Å². The highest BCUT2D eigenvalue weighted by Crippen LogP contribution is 2.68. The lowest BCUT2D eigenvalue weighted by Gasteiger charge is -2.34. The summed E-state index contributed by atoms with van der Waals surface area (Å²) < 4.78 is 14.0. The number of aromatic nitrogens is 1. The monoisotopic (exact) mass is 410 g/mol. The summed E-state index contributed by atoms with van der Waals surface area (Å²) in [4.78, 5) is 17.2. The van der Waals surface area contributed by atoms with Crippen molar-refractivity contribution in [3.05, 3.63) is 41.8 Å². The number of carbonyl (C=O) groups excluding carboxylic acids is 1. The lowest BCUT2D eigenvalue weighted by atomic mass is 9.71. The van der Waals surface area contributed by atoms with E-state index in [4.69, 9.17) is 0 Å². The summed E-state index contributed by atoms with van der Waals surface area (Å²) >= 11 is 0. The van der Waals surface area contributed by atoms with E-state index in [1.807, 2.05) is 27.0 Å². The van der Waals surface area contributed by atoms with Crippen LogP contribution in [0.3, 0.4) is 0 Å². The molecule has 1 unspecified atom stereocenters. The molecule has 0 spiro atoms. The van der Waals surface area contributed by atoms with Crippen molar-refractivity contribution in [3.8, 4) is 0 Å². The number of amides is 1. The van der Waals surface area contributed by atoms with Crippen LogP contribution in [0, 0.1) is 28.5 Å². The fraction of sp³-hybridized carbons (Fsp3) is 0.615. The van der Waals surface area contributed by atoms with Crippen LogP contribution >= 0.6 is 0 Å². The van der Waals surface area contributed by atoms with Crippen molar-refractivity contribution in [1.29, 1.82) is 0 Å². The summed E-state index contributed by atoms with van der Waals surface area (Å²) in [6, 6.07) is 6.98. The molecule has 5 atom stereocenters. The Morgan fingerprint density at radius 2 is 1.77 bits per heavy atom. The molecule has 4 heteroatoms. The highest BCUT2D eigenvalue weighted by molar-refractivity contribution is 5.82. The minimum atomic E-state index is -0.203. The van der Waals surface area contributed by atoms with Gasteiger partial charge in [0, 0.05) is 23.0 Å². The zero-order valence-electron chi connectivity index (χ0n) is 19.2. The molecule has 0 aliphatic heterocycles. The first-order valence-corrected chi connectivity index (χ1v) is 11.3. The Labute approximate surface area is 179 Å². The van der Waals surface area contributed by atoms with Crippen LogP contribution in [0.1, 0.15) is 78.7 Å². The van der Waals surface area contributed by atoms with Crippen molar-refractivity contribution in [2.75, 3.05) is 0 Å². The van der Waals surface area contributed by atoms with Crippen molar-refractivity contribution in [3.63, 3.8) is 0 Å². The van der Waals surface area contributed by atoms with Gasteiger partial charge in [-0.1, -0.05) is 20.8 Å². The zero-order chi connectivity index (χ0) is 21.9. The third-order valence-electron chi connectivity index (χ3n) is 8.07. The zero-order valence-corrected chi connectivity index (χ0v) is 19.2. The Morgan fingerprint density at radius 1 is 1.13 bits per heavy atom. The second-order valence-electron chi connectivity index (χ2n) is 11.5. The van der Waals surface area contributed by atoms with Crippen molar-refractivity contribution in [2.24, 2.45) is 22.7 Å². The highest BCUT2D eigenvalue weighted by Gasteiger charge is 2.59. The van der Waals surface area contributed by atoms with Gasteiger partial charge in [-0.05, 0) is 98.9 Å².